The van der Waals surface area contributed by atoms with Crippen LogP contribution in [0.5, 0.6) is 0 Å². The second-order valence-electron chi connectivity index (χ2n) is 7.13. The molecule has 3 rings (SSSR count). The molecule has 3 heterocycles. The van der Waals surface area contributed by atoms with Crippen LogP contribution in [0.25, 0.3) is 10.2 Å². The maximum Gasteiger partial charge on any atom is 0.266 e. The quantitative estimate of drug-likeness (QED) is 0.861. The number of fused-ring (bicyclic) bond motifs is 1. The number of nitrogen functional groups attached to an aromatic ring is 1. The molecule has 4 nitrogen and oxygen atoms in total. The summed E-state index contributed by atoms with van der Waals surface area (Å²) < 4.78 is 0. The SMILES string of the molecule is Cc1nc2sc(C(=O)N3CC(C)CC(C)C3)c(N)c2c(C)c1C. The Morgan fingerprint density at radius 1 is 1.17 bits per heavy atom. The highest BCUT2D eigenvalue weighted by Gasteiger charge is 2.29. The maximum atomic E-state index is 13.0. The van der Waals surface area contributed by atoms with Crippen LogP contribution >= 0.6 is 11.3 Å². The lowest BCUT2D eigenvalue weighted by Crippen LogP contribution is -2.42. The van der Waals surface area contributed by atoms with E-state index in [1.54, 1.807) is 0 Å². The Kier molecular flexibility index (Phi) is 4.08. The van der Waals surface area contributed by atoms with Crippen LogP contribution < -0.4 is 5.73 Å². The van der Waals surface area contributed by atoms with Crippen molar-refractivity contribution < 1.29 is 4.79 Å². The summed E-state index contributed by atoms with van der Waals surface area (Å²) in [6, 6.07) is 0. The zero-order chi connectivity index (χ0) is 16.9. The van der Waals surface area contributed by atoms with Crippen molar-refractivity contribution in [1.29, 1.82) is 0 Å². The largest absolute Gasteiger partial charge is 0.397 e. The first kappa shape index (κ1) is 16.2. The number of carbonyl (C=O) groups excluding carboxylic acids is 1. The number of hydrogen-bond donors (Lipinski definition) is 1. The Hall–Kier alpha value is -1.62. The summed E-state index contributed by atoms with van der Waals surface area (Å²) in [7, 11) is 0. The number of thiophene rings is 1. The van der Waals surface area contributed by atoms with Crippen LogP contribution in [0, 0.1) is 32.6 Å². The summed E-state index contributed by atoms with van der Waals surface area (Å²) >= 11 is 1.44. The van der Waals surface area contributed by atoms with Crippen molar-refractivity contribution in [2.45, 2.75) is 41.0 Å². The van der Waals surface area contributed by atoms with E-state index < -0.39 is 0 Å². The molecule has 2 unspecified atom stereocenters. The van der Waals surface area contributed by atoms with Gasteiger partial charge in [-0.25, -0.2) is 4.98 Å². The summed E-state index contributed by atoms with van der Waals surface area (Å²) in [5, 5.41) is 0.958. The number of rotatable bonds is 1. The highest BCUT2D eigenvalue weighted by molar-refractivity contribution is 7.21. The lowest BCUT2D eigenvalue weighted by atomic mass is 9.92. The van der Waals surface area contributed by atoms with Crippen LogP contribution in [-0.2, 0) is 0 Å². The first-order chi connectivity index (χ1) is 10.8. The Balaban J connectivity index is 2.05. The Bertz CT molecular complexity index is 770. The van der Waals surface area contributed by atoms with Gasteiger partial charge >= 0.3 is 0 Å². The van der Waals surface area contributed by atoms with Gasteiger partial charge in [0.1, 0.15) is 9.71 Å². The third-order valence-electron chi connectivity index (χ3n) is 5.03. The Labute approximate surface area is 141 Å². The molecule has 0 bridgehead atoms. The summed E-state index contributed by atoms with van der Waals surface area (Å²) in [6.45, 7) is 12.2. The fraction of sp³-hybridized carbons (Fsp3) is 0.556. The van der Waals surface area contributed by atoms with Crippen molar-refractivity contribution in [3.8, 4) is 0 Å². The van der Waals surface area contributed by atoms with Gasteiger partial charge in [-0.1, -0.05) is 13.8 Å². The normalized spacial score (nSPS) is 21.9. The van der Waals surface area contributed by atoms with Crippen LogP contribution in [-0.4, -0.2) is 28.9 Å². The van der Waals surface area contributed by atoms with E-state index in [1.807, 2.05) is 11.8 Å². The number of amides is 1. The molecule has 2 aromatic rings. The van der Waals surface area contributed by atoms with Crippen molar-refractivity contribution in [2.75, 3.05) is 18.8 Å². The minimum atomic E-state index is 0.0682. The minimum Gasteiger partial charge on any atom is -0.397 e. The molecule has 2 N–H and O–H groups in total. The van der Waals surface area contributed by atoms with Gasteiger partial charge in [0.15, 0.2) is 0 Å². The fourth-order valence-corrected chi connectivity index (χ4v) is 4.87. The third-order valence-corrected chi connectivity index (χ3v) is 6.11. The van der Waals surface area contributed by atoms with Gasteiger partial charge in [-0.3, -0.25) is 4.79 Å². The number of nitrogens with zero attached hydrogens (tertiary/aromatic N) is 2. The van der Waals surface area contributed by atoms with Gasteiger partial charge in [-0.05, 0) is 50.2 Å². The number of pyridine rings is 1. The summed E-state index contributed by atoms with van der Waals surface area (Å²) in [5.74, 6) is 1.16. The van der Waals surface area contributed by atoms with Gasteiger partial charge in [0, 0.05) is 24.2 Å². The molecule has 1 amide bonds. The molecule has 0 aliphatic carbocycles. The predicted molar refractivity (Wildman–Crippen MR) is 97.1 cm³/mol. The van der Waals surface area contributed by atoms with Crippen molar-refractivity contribution in [2.24, 2.45) is 11.8 Å². The van der Waals surface area contributed by atoms with E-state index in [0.29, 0.717) is 22.4 Å². The van der Waals surface area contributed by atoms with E-state index in [0.717, 1.165) is 40.1 Å². The average molecular weight is 331 g/mol. The summed E-state index contributed by atoms with van der Waals surface area (Å²) in [6.07, 6.45) is 1.19. The smallest absolute Gasteiger partial charge is 0.266 e. The number of likely N-dealkylation sites (tertiary alicyclic amines) is 1. The second kappa shape index (κ2) is 5.78. The van der Waals surface area contributed by atoms with E-state index in [4.69, 9.17) is 5.73 Å². The monoisotopic (exact) mass is 331 g/mol. The van der Waals surface area contributed by atoms with Crippen LogP contribution in [0.3, 0.4) is 0 Å². The van der Waals surface area contributed by atoms with Crippen molar-refractivity contribution in [3.63, 3.8) is 0 Å². The van der Waals surface area contributed by atoms with Crippen molar-refractivity contribution >= 4 is 33.1 Å². The van der Waals surface area contributed by atoms with Crippen molar-refractivity contribution in [3.05, 3.63) is 21.7 Å². The van der Waals surface area contributed by atoms with Gasteiger partial charge in [-0.2, -0.15) is 0 Å². The molecule has 1 aliphatic rings. The van der Waals surface area contributed by atoms with E-state index in [1.165, 1.54) is 17.8 Å². The fourth-order valence-electron chi connectivity index (χ4n) is 3.70. The average Bonchev–Trinajstić information content (AvgIpc) is 2.80. The Morgan fingerprint density at radius 3 is 2.39 bits per heavy atom. The standard InChI is InChI=1S/C18H25N3OS/c1-9-6-10(2)8-21(7-9)18(22)16-15(19)14-12(4)11(3)13(5)20-17(14)23-16/h9-10H,6-8,19H2,1-5H3. The lowest BCUT2D eigenvalue weighted by molar-refractivity contribution is 0.0629. The minimum absolute atomic E-state index is 0.0682. The van der Waals surface area contributed by atoms with E-state index >= 15 is 0 Å². The molecular weight excluding hydrogens is 306 g/mol. The highest BCUT2D eigenvalue weighted by Crippen LogP contribution is 2.37. The van der Waals surface area contributed by atoms with Gasteiger partial charge in [-0.15, -0.1) is 11.3 Å². The number of aryl methyl sites for hydroxylation is 2. The molecule has 0 aromatic carbocycles. The van der Waals surface area contributed by atoms with Crippen molar-refractivity contribution in [1.82, 2.24) is 9.88 Å². The number of piperidine rings is 1. The van der Waals surface area contributed by atoms with Gasteiger partial charge in [0.05, 0.1) is 5.69 Å². The topological polar surface area (TPSA) is 59.2 Å². The Morgan fingerprint density at radius 2 is 1.78 bits per heavy atom. The maximum absolute atomic E-state index is 13.0. The zero-order valence-electron chi connectivity index (χ0n) is 14.6. The van der Waals surface area contributed by atoms with Crippen LogP contribution in [0.15, 0.2) is 0 Å². The summed E-state index contributed by atoms with van der Waals surface area (Å²) in [5.41, 5.74) is 10.3. The second-order valence-corrected chi connectivity index (χ2v) is 8.13. The molecule has 1 fully saturated rings. The highest BCUT2D eigenvalue weighted by atomic mass is 32.1. The van der Waals surface area contributed by atoms with Crippen LogP contribution in [0.2, 0.25) is 0 Å². The van der Waals surface area contributed by atoms with Gasteiger partial charge in [0.2, 0.25) is 0 Å². The molecule has 2 aromatic heterocycles. The third kappa shape index (κ3) is 2.71. The van der Waals surface area contributed by atoms with Gasteiger partial charge < -0.3 is 10.6 Å². The molecule has 0 spiro atoms. The molecule has 2 atom stereocenters. The first-order valence-corrected chi connectivity index (χ1v) is 9.06. The molecule has 1 saturated heterocycles. The molecule has 0 radical (unpaired) electrons. The number of anilines is 1. The molecular formula is C18H25N3OS. The van der Waals surface area contributed by atoms with Crippen LogP contribution in [0.1, 0.15) is 46.8 Å². The molecule has 124 valence electrons. The zero-order valence-corrected chi connectivity index (χ0v) is 15.4. The summed E-state index contributed by atoms with van der Waals surface area (Å²) in [4.78, 5) is 21.1. The van der Waals surface area contributed by atoms with Crippen LogP contribution in [0.4, 0.5) is 5.69 Å². The lowest BCUT2D eigenvalue weighted by Gasteiger charge is -2.34. The number of nitrogens with two attached hydrogens (primary N) is 1. The number of carbonyl (C=O) groups is 1. The molecule has 5 heteroatoms. The first-order valence-electron chi connectivity index (χ1n) is 8.24. The predicted octanol–water partition coefficient (Wildman–Crippen LogP) is 3.92. The van der Waals surface area contributed by atoms with Gasteiger partial charge in [0.25, 0.3) is 5.91 Å². The van der Waals surface area contributed by atoms with E-state index in [-0.39, 0.29) is 5.91 Å². The molecule has 1 aliphatic heterocycles. The van der Waals surface area contributed by atoms with E-state index in [9.17, 15) is 4.79 Å². The molecule has 23 heavy (non-hydrogen) atoms. The van der Waals surface area contributed by atoms with E-state index in [2.05, 4.69) is 32.7 Å². The number of aromatic nitrogens is 1. The molecule has 0 saturated carbocycles. The number of hydrogen-bond acceptors (Lipinski definition) is 4.